The average Bonchev–Trinajstić information content (AvgIpc) is 2.62. The maximum atomic E-state index is 12.3. The Morgan fingerprint density at radius 3 is 2.69 bits per heavy atom. The van der Waals surface area contributed by atoms with Gasteiger partial charge in [0, 0.05) is 11.4 Å². The number of hydrogen-bond donors (Lipinski definition) is 0. The fourth-order valence-corrected chi connectivity index (χ4v) is 3.22. The summed E-state index contributed by atoms with van der Waals surface area (Å²) in [6.45, 7) is 5.42. The quantitative estimate of drug-likeness (QED) is 0.507. The van der Waals surface area contributed by atoms with E-state index in [1.165, 1.54) is 0 Å². The van der Waals surface area contributed by atoms with Crippen LogP contribution in [0, 0.1) is 0 Å². The molecule has 0 bridgehead atoms. The highest BCUT2D eigenvalue weighted by molar-refractivity contribution is 7.98. The second-order valence-corrected chi connectivity index (χ2v) is 7.06. The van der Waals surface area contributed by atoms with Crippen LogP contribution in [0.4, 0.5) is 0 Å². The third-order valence-corrected chi connectivity index (χ3v) is 4.85. The first-order chi connectivity index (χ1) is 12.5. The third-order valence-electron chi connectivity index (χ3n) is 4.11. The van der Waals surface area contributed by atoms with Gasteiger partial charge in [0.15, 0.2) is 6.10 Å². The molecule has 6 nitrogen and oxygen atoms in total. The van der Waals surface area contributed by atoms with Crippen molar-refractivity contribution in [1.29, 1.82) is 0 Å². The lowest BCUT2D eigenvalue weighted by atomic mass is 10.1. The molecule has 1 saturated heterocycles. The van der Waals surface area contributed by atoms with E-state index in [-0.39, 0.29) is 24.6 Å². The van der Waals surface area contributed by atoms with Gasteiger partial charge in [0.05, 0.1) is 13.2 Å². The minimum atomic E-state index is -0.685. The van der Waals surface area contributed by atoms with Crippen molar-refractivity contribution >= 4 is 23.7 Å². The van der Waals surface area contributed by atoms with Crippen molar-refractivity contribution in [2.45, 2.75) is 43.8 Å². The van der Waals surface area contributed by atoms with Crippen molar-refractivity contribution < 1.29 is 23.8 Å². The van der Waals surface area contributed by atoms with Gasteiger partial charge in [-0.25, -0.2) is 4.79 Å². The fourth-order valence-electron chi connectivity index (χ4n) is 2.81. The molecule has 7 heteroatoms. The van der Waals surface area contributed by atoms with Crippen LogP contribution in [0.3, 0.4) is 0 Å². The summed E-state index contributed by atoms with van der Waals surface area (Å²) >= 11 is 1.65. The number of esters is 2. The van der Waals surface area contributed by atoms with E-state index in [2.05, 4.69) is 0 Å². The van der Waals surface area contributed by atoms with E-state index in [4.69, 9.17) is 14.2 Å². The van der Waals surface area contributed by atoms with Crippen molar-refractivity contribution in [1.82, 2.24) is 4.90 Å². The molecular weight excluding hydrogens is 354 g/mol. The molecule has 0 N–H and O–H groups in total. The topological polar surface area (TPSA) is 65.1 Å². The zero-order chi connectivity index (χ0) is 18.9. The number of carbonyl (C=O) groups excluding carboxylic acids is 2. The van der Waals surface area contributed by atoms with Gasteiger partial charge in [-0.15, -0.1) is 11.8 Å². The summed E-state index contributed by atoms with van der Waals surface area (Å²) in [5.41, 5.74) is 0. The molecule has 0 amide bonds. The Morgan fingerprint density at radius 1 is 1.31 bits per heavy atom. The Morgan fingerprint density at radius 2 is 2.04 bits per heavy atom. The van der Waals surface area contributed by atoms with Gasteiger partial charge in [-0.2, -0.15) is 0 Å². The zero-order valence-electron chi connectivity index (χ0n) is 15.6. The number of likely N-dealkylation sites (tertiary alicyclic amines) is 1. The van der Waals surface area contributed by atoms with Crippen LogP contribution in [-0.4, -0.2) is 61.5 Å². The summed E-state index contributed by atoms with van der Waals surface area (Å²) < 4.78 is 16.2. The van der Waals surface area contributed by atoms with Gasteiger partial charge >= 0.3 is 11.9 Å². The first kappa shape index (κ1) is 20.6. The standard InChI is InChI=1S/C19H27NO5S/c1-4-23-18(21)13-20-11-5-6-16(12-20)25-19(22)14(2)24-15-7-9-17(26-3)10-8-15/h7-10,14,16H,4-6,11-13H2,1-3H3/t14-,16+/m1/s1. The molecule has 1 aromatic carbocycles. The Bertz CT molecular complexity index is 592. The summed E-state index contributed by atoms with van der Waals surface area (Å²) in [6, 6.07) is 7.59. The molecule has 2 rings (SSSR count). The SMILES string of the molecule is CCOC(=O)CN1CCC[C@H](OC(=O)[C@@H](C)Oc2ccc(SC)cc2)C1. The highest BCUT2D eigenvalue weighted by atomic mass is 32.2. The molecule has 2 atom stereocenters. The molecule has 0 unspecified atom stereocenters. The minimum absolute atomic E-state index is 0.226. The maximum Gasteiger partial charge on any atom is 0.347 e. The fraction of sp³-hybridized carbons (Fsp3) is 0.579. The molecule has 0 radical (unpaired) electrons. The van der Waals surface area contributed by atoms with Gasteiger partial charge < -0.3 is 14.2 Å². The molecule has 1 aliphatic heterocycles. The zero-order valence-corrected chi connectivity index (χ0v) is 16.4. The summed E-state index contributed by atoms with van der Waals surface area (Å²) in [4.78, 5) is 27.0. The first-order valence-electron chi connectivity index (χ1n) is 8.91. The van der Waals surface area contributed by atoms with E-state index in [0.717, 1.165) is 24.3 Å². The Labute approximate surface area is 159 Å². The van der Waals surface area contributed by atoms with E-state index < -0.39 is 6.10 Å². The van der Waals surface area contributed by atoms with E-state index in [1.807, 2.05) is 35.4 Å². The minimum Gasteiger partial charge on any atom is -0.479 e. The Balaban J connectivity index is 1.80. The van der Waals surface area contributed by atoms with Gasteiger partial charge in [0.2, 0.25) is 0 Å². The molecule has 1 aromatic rings. The Kier molecular flexibility index (Phi) is 8.25. The van der Waals surface area contributed by atoms with Crippen molar-refractivity contribution in [3.63, 3.8) is 0 Å². The maximum absolute atomic E-state index is 12.3. The van der Waals surface area contributed by atoms with Crippen LogP contribution in [0.25, 0.3) is 0 Å². The lowest BCUT2D eigenvalue weighted by Crippen LogP contribution is -2.44. The lowest BCUT2D eigenvalue weighted by molar-refractivity contribution is -0.159. The number of nitrogens with zero attached hydrogens (tertiary/aromatic N) is 1. The number of thioether (sulfide) groups is 1. The molecule has 0 saturated carbocycles. The van der Waals surface area contributed by atoms with E-state index >= 15 is 0 Å². The number of hydrogen-bond acceptors (Lipinski definition) is 7. The van der Waals surface area contributed by atoms with Crippen LogP contribution in [-0.2, 0) is 19.1 Å². The highest BCUT2D eigenvalue weighted by Crippen LogP contribution is 2.20. The average molecular weight is 381 g/mol. The van der Waals surface area contributed by atoms with Gasteiger partial charge in [0.1, 0.15) is 11.9 Å². The Hall–Kier alpha value is -1.73. The molecule has 0 spiro atoms. The molecule has 1 aliphatic rings. The van der Waals surface area contributed by atoms with Crippen LogP contribution in [0.15, 0.2) is 29.2 Å². The second kappa shape index (κ2) is 10.4. The molecule has 1 fully saturated rings. The predicted octanol–water partition coefficient (Wildman–Crippen LogP) is 2.75. The summed E-state index contributed by atoms with van der Waals surface area (Å²) in [6.07, 6.45) is 2.76. The molecule has 1 heterocycles. The van der Waals surface area contributed by atoms with Gasteiger partial charge in [-0.1, -0.05) is 0 Å². The second-order valence-electron chi connectivity index (χ2n) is 6.18. The normalized spacial score (nSPS) is 18.8. The van der Waals surface area contributed by atoms with Crippen molar-refractivity contribution in [3.05, 3.63) is 24.3 Å². The van der Waals surface area contributed by atoms with Gasteiger partial charge in [-0.05, 0) is 63.8 Å². The molecular formula is C19H27NO5S. The van der Waals surface area contributed by atoms with Crippen molar-refractivity contribution in [3.8, 4) is 5.75 Å². The van der Waals surface area contributed by atoms with E-state index in [0.29, 0.717) is 18.9 Å². The highest BCUT2D eigenvalue weighted by Gasteiger charge is 2.27. The molecule has 144 valence electrons. The smallest absolute Gasteiger partial charge is 0.347 e. The number of rotatable bonds is 8. The molecule has 26 heavy (non-hydrogen) atoms. The number of ether oxygens (including phenoxy) is 3. The lowest BCUT2D eigenvalue weighted by Gasteiger charge is -2.32. The van der Waals surface area contributed by atoms with Crippen LogP contribution < -0.4 is 4.74 Å². The number of piperidine rings is 1. The van der Waals surface area contributed by atoms with Gasteiger partial charge in [-0.3, -0.25) is 9.69 Å². The summed E-state index contributed by atoms with van der Waals surface area (Å²) in [5.74, 6) is 0.00614. The van der Waals surface area contributed by atoms with Crippen LogP contribution in [0.5, 0.6) is 5.75 Å². The van der Waals surface area contributed by atoms with Crippen LogP contribution in [0.2, 0.25) is 0 Å². The third kappa shape index (κ3) is 6.53. The summed E-state index contributed by atoms with van der Waals surface area (Å²) in [5, 5.41) is 0. The number of benzene rings is 1. The monoisotopic (exact) mass is 381 g/mol. The predicted molar refractivity (Wildman–Crippen MR) is 101 cm³/mol. The van der Waals surface area contributed by atoms with Crippen LogP contribution in [0.1, 0.15) is 26.7 Å². The van der Waals surface area contributed by atoms with Crippen LogP contribution >= 0.6 is 11.8 Å². The largest absolute Gasteiger partial charge is 0.479 e. The van der Waals surface area contributed by atoms with Gasteiger partial charge in [0.25, 0.3) is 0 Å². The van der Waals surface area contributed by atoms with E-state index in [1.54, 1.807) is 25.6 Å². The first-order valence-corrected chi connectivity index (χ1v) is 10.1. The van der Waals surface area contributed by atoms with Crippen molar-refractivity contribution in [2.24, 2.45) is 0 Å². The van der Waals surface area contributed by atoms with E-state index in [9.17, 15) is 9.59 Å². The molecule has 0 aliphatic carbocycles. The summed E-state index contributed by atoms with van der Waals surface area (Å²) in [7, 11) is 0. The number of carbonyl (C=O) groups is 2. The molecule has 0 aromatic heterocycles. The van der Waals surface area contributed by atoms with Crippen molar-refractivity contribution in [2.75, 3.05) is 32.5 Å².